The van der Waals surface area contributed by atoms with Crippen LogP contribution in [0.15, 0.2) is 0 Å². The van der Waals surface area contributed by atoms with Crippen LogP contribution in [0.4, 0.5) is 0 Å². The van der Waals surface area contributed by atoms with Crippen molar-refractivity contribution in [2.45, 2.75) is 386 Å². The van der Waals surface area contributed by atoms with Gasteiger partial charge < -0.3 is 33.8 Å². The molecule has 0 heterocycles. The predicted octanol–water partition coefficient (Wildman–Crippen LogP) is 20.3. The average Bonchev–Trinajstić information content (AvgIpc) is 3.62. The molecule has 0 bridgehead atoms. The highest BCUT2D eigenvalue weighted by Crippen LogP contribution is 2.45. The number of hydrogen-bond acceptors (Lipinski definition) is 15. The van der Waals surface area contributed by atoms with E-state index in [9.17, 15) is 43.2 Å². The number of unbranched alkanes of at least 4 members (excludes halogenated alkanes) is 45. The Labute approximate surface area is 543 Å². The van der Waals surface area contributed by atoms with Gasteiger partial charge in [-0.25, -0.2) is 9.13 Å². The molecular weight excluding hydrogens is 1170 g/mol. The van der Waals surface area contributed by atoms with Crippen molar-refractivity contribution in [1.82, 2.24) is 0 Å². The quantitative estimate of drug-likeness (QED) is 0.0222. The molecule has 0 amide bonds. The second-order valence-corrected chi connectivity index (χ2v) is 28.2. The fourth-order valence-electron chi connectivity index (χ4n) is 10.7. The van der Waals surface area contributed by atoms with Crippen molar-refractivity contribution in [3.63, 3.8) is 0 Å². The van der Waals surface area contributed by atoms with Gasteiger partial charge in [0, 0.05) is 25.7 Å². The van der Waals surface area contributed by atoms with E-state index >= 15 is 0 Å². The van der Waals surface area contributed by atoms with Crippen LogP contribution < -0.4 is 0 Å². The second-order valence-electron chi connectivity index (χ2n) is 25.3. The number of phosphoric acid groups is 2. The van der Waals surface area contributed by atoms with Crippen molar-refractivity contribution >= 4 is 39.5 Å². The molecule has 0 fully saturated rings. The number of aliphatic hydroxyl groups excluding tert-OH is 1. The van der Waals surface area contributed by atoms with Crippen LogP contribution >= 0.6 is 15.6 Å². The van der Waals surface area contributed by atoms with Gasteiger partial charge in [0.25, 0.3) is 0 Å². The number of esters is 4. The Morgan fingerprint density at radius 1 is 0.270 bits per heavy atom. The summed E-state index contributed by atoms with van der Waals surface area (Å²) in [4.78, 5) is 72.2. The molecule has 0 aliphatic carbocycles. The molecule has 19 heteroatoms. The zero-order chi connectivity index (χ0) is 65.4. The van der Waals surface area contributed by atoms with Crippen molar-refractivity contribution in [3.05, 3.63) is 0 Å². The van der Waals surface area contributed by atoms with Crippen LogP contribution in [-0.2, 0) is 65.4 Å². The summed E-state index contributed by atoms with van der Waals surface area (Å²) in [5, 5.41) is 10.5. The van der Waals surface area contributed by atoms with Crippen molar-refractivity contribution in [2.24, 2.45) is 0 Å². The molecule has 0 saturated carbocycles. The molecule has 0 aromatic heterocycles. The van der Waals surface area contributed by atoms with E-state index in [2.05, 4.69) is 27.7 Å². The molecule has 0 aliphatic heterocycles. The number of hydrogen-bond donors (Lipinski definition) is 3. The number of carbonyl (C=O) groups excluding carboxylic acids is 4. The highest BCUT2D eigenvalue weighted by atomic mass is 31.2. The molecule has 89 heavy (non-hydrogen) atoms. The fraction of sp³-hybridized carbons (Fsp3) is 0.943. The van der Waals surface area contributed by atoms with E-state index in [4.69, 9.17) is 37.0 Å². The van der Waals surface area contributed by atoms with Gasteiger partial charge in [-0.3, -0.25) is 37.3 Å². The minimum atomic E-state index is -4.95. The lowest BCUT2D eigenvalue weighted by Gasteiger charge is -2.21. The summed E-state index contributed by atoms with van der Waals surface area (Å²) in [6.07, 6.45) is 53.2. The summed E-state index contributed by atoms with van der Waals surface area (Å²) >= 11 is 0. The minimum absolute atomic E-state index is 0.105. The second kappa shape index (κ2) is 64.8. The Balaban J connectivity index is 5.12. The Kier molecular flexibility index (Phi) is 63.3. The summed E-state index contributed by atoms with van der Waals surface area (Å²) in [5.41, 5.74) is 0. The van der Waals surface area contributed by atoms with Crippen molar-refractivity contribution in [3.8, 4) is 0 Å². The monoisotopic (exact) mass is 1310 g/mol. The molecular formula is C70H136O17P2. The Hall–Kier alpha value is -1.94. The van der Waals surface area contributed by atoms with Crippen LogP contribution in [0.25, 0.3) is 0 Å². The van der Waals surface area contributed by atoms with Gasteiger partial charge in [0.15, 0.2) is 12.2 Å². The third kappa shape index (κ3) is 64.6. The maximum absolute atomic E-state index is 13.0. The molecule has 5 atom stereocenters. The molecule has 528 valence electrons. The van der Waals surface area contributed by atoms with Crippen LogP contribution in [0.3, 0.4) is 0 Å². The normalized spacial score (nSPS) is 14.0. The lowest BCUT2D eigenvalue weighted by Crippen LogP contribution is -2.30. The number of aliphatic hydroxyl groups is 1. The lowest BCUT2D eigenvalue weighted by molar-refractivity contribution is -0.161. The summed E-state index contributed by atoms with van der Waals surface area (Å²) in [5.74, 6) is -2.13. The minimum Gasteiger partial charge on any atom is -0.462 e. The molecule has 0 saturated heterocycles. The van der Waals surface area contributed by atoms with Crippen LogP contribution in [0.5, 0.6) is 0 Å². The van der Waals surface area contributed by atoms with Crippen LogP contribution in [0.2, 0.25) is 0 Å². The third-order valence-corrected chi connectivity index (χ3v) is 18.3. The van der Waals surface area contributed by atoms with Gasteiger partial charge in [0.05, 0.1) is 26.4 Å². The smallest absolute Gasteiger partial charge is 0.462 e. The summed E-state index contributed by atoms with van der Waals surface area (Å²) in [7, 11) is -9.88. The first-order valence-electron chi connectivity index (χ1n) is 36.8. The average molecular weight is 1310 g/mol. The van der Waals surface area contributed by atoms with Crippen molar-refractivity contribution < 1.29 is 80.2 Å². The highest BCUT2D eigenvalue weighted by molar-refractivity contribution is 7.47. The number of ether oxygens (including phenoxy) is 4. The van der Waals surface area contributed by atoms with Gasteiger partial charge in [-0.2, -0.15) is 0 Å². The Morgan fingerprint density at radius 3 is 0.663 bits per heavy atom. The van der Waals surface area contributed by atoms with E-state index in [0.717, 1.165) is 96.3 Å². The van der Waals surface area contributed by atoms with E-state index in [1.807, 2.05) is 0 Å². The molecule has 0 aromatic rings. The number of phosphoric ester groups is 2. The maximum atomic E-state index is 13.0. The number of carbonyl (C=O) groups is 4. The molecule has 3 N–H and O–H groups in total. The Bertz CT molecular complexity index is 1710. The zero-order valence-corrected chi connectivity index (χ0v) is 59.2. The van der Waals surface area contributed by atoms with Crippen LogP contribution in [0.1, 0.15) is 368 Å². The molecule has 17 nitrogen and oxygen atoms in total. The molecule has 0 spiro atoms. The van der Waals surface area contributed by atoms with Gasteiger partial charge in [-0.1, -0.05) is 317 Å². The largest absolute Gasteiger partial charge is 0.472 e. The lowest BCUT2D eigenvalue weighted by atomic mass is 10.0. The van der Waals surface area contributed by atoms with Gasteiger partial charge in [0.1, 0.15) is 19.3 Å². The van der Waals surface area contributed by atoms with Gasteiger partial charge in [-0.05, 0) is 25.7 Å². The first-order chi connectivity index (χ1) is 43.2. The summed E-state index contributed by atoms with van der Waals surface area (Å²) in [6, 6.07) is 0. The van der Waals surface area contributed by atoms with E-state index in [1.165, 1.54) is 193 Å². The zero-order valence-electron chi connectivity index (χ0n) is 57.4. The first kappa shape index (κ1) is 87.1. The van der Waals surface area contributed by atoms with Gasteiger partial charge in [0.2, 0.25) is 0 Å². The predicted molar refractivity (Wildman–Crippen MR) is 359 cm³/mol. The highest BCUT2D eigenvalue weighted by Gasteiger charge is 2.30. The van der Waals surface area contributed by atoms with Crippen LogP contribution in [0, 0.1) is 0 Å². The van der Waals surface area contributed by atoms with Crippen molar-refractivity contribution in [2.75, 3.05) is 39.6 Å². The van der Waals surface area contributed by atoms with E-state index in [-0.39, 0.29) is 25.7 Å². The van der Waals surface area contributed by atoms with E-state index < -0.39 is 97.5 Å². The Morgan fingerprint density at radius 2 is 0.449 bits per heavy atom. The molecule has 0 rings (SSSR count). The molecule has 0 radical (unpaired) electrons. The van der Waals surface area contributed by atoms with E-state index in [0.29, 0.717) is 25.7 Å². The SMILES string of the molecule is CCCCCCCCCCCCCCCCCCCCC(=O)O[C@H](COC(=O)CCCCCCCCCCCCCCCCCCC)COP(=O)(O)OC[C@@H](O)COP(=O)(O)OC[C@@H](COC(=O)CCCCCCC)OC(=O)CCCCCCCCCCC. The van der Waals surface area contributed by atoms with Gasteiger partial charge >= 0.3 is 39.5 Å². The van der Waals surface area contributed by atoms with Gasteiger partial charge in [-0.15, -0.1) is 0 Å². The first-order valence-corrected chi connectivity index (χ1v) is 39.8. The molecule has 2 unspecified atom stereocenters. The summed E-state index contributed by atoms with van der Waals surface area (Å²) < 4.78 is 68.0. The maximum Gasteiger partial charge on any atom is 0.472 e. The number of rotatable bonds is 71. The fourth-order valence-corrected chi connectivity index (χ4v) is 12.3. The third-order valence-electron chi connectivity index (χ3n) is 16.4. The summed E-state index contributed by atoms with van der Waals surface area (Å²) in [6.45, 7) is 4.84. The van der Waals surface area contributed by atoms with Crippen molar-refractivity contribution in [1.29, 1.82) is 0 Å². The molecule has 0 aliphatic rings. The van der Waals surface area contributed by atoms with E-state index in [1.54, 1.807) is 0 Å². The van der Waals surface area contributed by atoms with Crippen LogP contribution in [-0.4, -0.2) is 96.7 Å². The molecule has 0 aromatic carbocycles. The topological polar surface area (TPSA) is 237 Å². The standard InChI is InChI=1S/C70H136O17P2/c1-5-9-13-17-20-23-25-27-29-31-33-35-37-39-42-45-49-53-57-70(75)87-66(61-81-68(73)55-51-47-43-41-38-36-34-32-30-28-26-24-21-18-14-10-6-2)63-85-89(78,79)83-59-64(71)58-82-88(76,77)84-62-65(60-80-67(72)54-50-46-16-12-8-4)86-69(74)56-52-48-44-40-22-19-15-11-7-3/h64-66,71H,5-63H2,1-4H3,(H,76,77)(H,78,79)/t64-,65+,66+/m0/s1.